The van der Waals surface area contributed by atoms with E-state index in [0.29, 0.717) is 17.5 Å². The molecule has 0 radical (unpaired) electrons. The first kappa shape index (κ1) is 34.8. The Bertz CT molecular complexity index is 3610. The fourth-order valence-electron chi connectivity index (χ4n) is 9.16. The molecule has 0 fully saturated rings. The normalized spacial score (nSPS) is 11.6. The van der Waals surface area contributed by atoms with Gasteiger partial charge in [-0.15, -0.1) is 0 Å². The number of hydrogen-bond donors (Lipinski definition) is 0. The highest BCUT2D eigenvalue weighted by atomic mass is 15.0. The van der Waals surface area contributed by atoms with Gasteiger partial charge in [-0.05, 0) is 85.6 Å². The van der Waals surface area contributed by atoms with Crippen LogP contribution in [-0.2, 0) is 0 Å². The third kappa shape index (κ3) is 5.88. The van der Waals surface area contributed by atoms with Crippen LogP contribution in [0.1, 0.15) is 0 Å². The monoisotopic (exact) mass is 776 g/mol. The SMILES string of the molecule is c1ccc(-c2ccc(-c3nc(-c4ccccc4)nc(-c4cccc5c6ccccc6c6cc(-c7ccc8c(c7)c7ccccc7n8-c7ccccc7)ccc6c45)n3)cc2)cc1. The average molecular weight is 777 g/mol. The van der Waals surface area contributed by atoms with Gasteiger partial charge in [0.2, 0.25) is 0 Å². The Labute approximate surface area is 352 Å². The quantitative estimate of drug-likeness (QED) is 0.158. The van der Waals surface area contributed by atoms with E-state index in [1.807, 2.05) is 24.3 Å². The zero-order valence-electron chi connectivity index (χ0n) is 33.1. The van der Waals surface area contributed by atoms with E-state index >= 15 is 0 Å². The summed E-state index contributed by atoms with van der Waals surface area (Å²) in [5.41, 5.74) is 11.1. The maximum atomic E-state index is 5.26. The fourth-order valence-corrected chi connectivity index (χ4v) is 9.16. The van der Waals surface area contributed by atoms with Gasteiger partial charge in [-0.3, -0.25) is 0 Å². The summed E-state index contributed by atoms with van der Waals surface area (Å²) in [6.07, 6.45) is 0. The van der Waals surface area contributed by atoms with Crippen molar-refractivity contribution in [1.82, 2.24) is 19.5 Å². The first-order valence-corrected chi connectivity index (χ1v) is 20.7. The number of benzene rings is 10. The maximum absolute atomic E-state index is 5.26. The minimum atomic E-state index is 0.636. The van der Waals surface area contributed by atoms with Crippen LogP contribution in [0.2, 0.25) is 0 Å². The van der Waals surface area contributed by atoms with Crippen molar-refractivity contribution in [1.29, 1.82) is 0 Å². The molecular weight excluding hydrogens is 741 g/mol. The molecule has 61 heavy (non-hydrogen) atoms. The van der Waals surface area contributed by atoms with Gasteiger partial charge in [0.05, 0.1) is 11.0 Å². The molecule has 0 aliphatic heterocycles. The van der Waals surface area contributed by atoms with Gasteiger partial charge in [0.15, 0.2) is 17.5 Å². The van der Waals surface area contributed by atoms with E-state index in [2.05, 4.69) is 199 Å². The largest absolute Gasteiger partial charge is 0.309 e. The molecule has 0 aliphatic carbocycles. The summed E-state index contributed by atoms with van der Waals surface area (Å²) in [6, 6.07) is 77.6. The van der Waals surface area contributed by atoms with E-state index in [1.54, 1.807) is 0 Å². The third-order valence-corrected chi connectivity index (χ3v) is 12.0. The van der Waals surface area contributed by atoms with Crippen molar-refractivity contribution in [3.63, 3.8) is 0 Å². The van der Waals surface area contributed by atoms with Gasteiger partial charge >= 0.3 is 0 Å². The molecule has 2 heterocycles. The molecule has 0 saturated carbocycles. The molecule has 4 heteroatoms. The van der Waals surface area contributed by atoms with Crippen LogP contribution >= 0.6 is 0 Å². The highest BCUT2D eigenvalue weighted by Crippen LogP contribution is 2.42. The topological polar surface area (TPSA) is 43.6 Å². The van der Waals surface area contributed by atoms with E-state index in [4.69, 9.17) is 15.0 Å². The van der Waals surface area contributed by atoms with E-state index in [0.717, 1.165) is 38.7 Å². The van der Waals surface area contributed by atoms with Crippen LogP contribution < -0.4 is 0 Å². The Hall–Kier alpha value is -8.21. The van der Waals surface area contributed by atoms with Crippen LogP contribution in [0.5, 0.6) is 0 Å². The number of aromatic nitrogens is 4. The molecule has 0 aliphatic rings. The number of hydrogen-bond acceptors (Lipinski definition) is 3. The summed E-state index contributed by atoms with van der Waals surface area (Å²) in [5.74, 6) is 1.92. The van der Waals surface area contributed by atoms with Crippen molar-refractivity contribution in [2.75, 3.05) is 0 Å². The summed E-state index contributed by atoms with van der Waals surface area (Å²) >= 11 is 0. The van der Waals surface area contributed by atoms with Gasteiger partial charge in [0, 0.05) is 38.5 Å². The Morgan fingerprint density at radius 2 is 0.721 bits per heavy atom. The average Bonchev–Trinajstić information content (AvgIpc) is 3.68. The first-order chi connectivity index (χ1) is 30.2. The van der Waals surface area contributed by atoms with Gasteiger partial charge in [0.25, 0.3) is 0 Å². The van der Waals surface area contributed by atoms with Crippen molar-refractivity contribution in [2.45, 2.75) is 0 Å². The molecule has 0 bridgehead atoms. The van der Waals surface area contributed by atoms with Gasteiger partial charge < -0.3 is 4.57 Å². The molecule has 2 aromatic heterocycles. The third-order valence-electron chi connectivity index (χ3n) is 12.0. The molecule has 284 valence electrons. The minimum Gasteiger partial charge on any atom is -0.309 e. The van der Waals surface area contributed by atoms with Crippen molar-refractivity contribution < 1.29 is 0 Å². The van der Waals surface area contributed by atoms with Crippen LogP contribution in [0.15, 0.2) is 218 Å². The summed E-state index contributed by atoms with van der Waals surface area (Å²) in [7, 11) is 0. The molecule has 0 saturated heterocycles. The Morgan fingerprint density at radius 3 is 1.44 bits per heavy atom. The molecule has 0 amide bonds. The van der Waals surface area contributed by atoms with Gasteiger partial charge in [-0.1, -0.05) is 182 Å². The lowest BCUT2D eigenvalue weighted by molar-refractivity contribution is 1.08. The van der Waals surface area contributed by atoms with E-state index in [9.17, 15) is 0 Å². The molecular formula is C57H36N4. The molecule has 0 unspecified atom stereocenters. The van der Waals surface area contributed by atoms with Gasteiger partial charge in [-0.2, -0.15) is 0 Å². The number of fused-ring (bicyclic) bond motifs is 9. The molecule has 0 spiro atoms. The Morgan fingerprint density at radius 1 is 0.262 bits per heavy atom. The molecule has 0 N–H and O–H groups in total. The predicted molar refractivity (Wildman–Crippen MR) is 254 cm³/mol. The standard InChI is InChI=1S/C57H36N4/c1-4-15-37(16-5-1)38-27-29-40(30-28-38)56-58-55(39-17-6-2-7-18-39)59-57(60-56)49-25-14-24-47-44-21-10-11-22-45(44)50-35-41(31-33-48(50)54(47)49)42-32-34-53-51(36-42)46-23-12-13-26-52(46)61(53)43-19-8-3-9-20-43/h1-36H. The summed E-state index contributed by atoms with van der Waals surface area (Å²) in [6.45, 7) is 0. The zero-order chi connectivity index (χ0) is 40.3. The van der Waals surface area contributed by atoms with Crippen LogP contribution in [0.3, 0.4) is 0 Å². The predicted octanol–water partition coefficient (Wildman–Crippen LogP) is 14.8. The second kappa shape index (κ2) is 14.3. The van der Waals surface area contributed by atoms with Crippen molar-refractivity contribution >= 4 is 54.1 Å². The maximum Gasteiger partial charge on any atom is 0.164 e. The highest BCUT2D eigenvalue weighted by Gasteiger charge is 2.19. The second-order valence-electron chi connectivity index (χ2n) is 15.6. The molecule has 10 aromatic carbocycles. The molecule has 12 aromatic rings. The van der Waals surface area contributed by atoms with Crippen LogP contribution in [0, 0.1) is 0 Å². The van der Waals surface area contributed by atoms with E-state index in [-0.39, 0.29) is 0 Å². The highest BCUT2D eigenvalue weighted by molar-refractivity contribution is 6.28. The summed E-state index contributed by atoms with van der Waals surface area (Å²) in [4.78, 5) is 15.6. The zero-order valence-corrected chi connectivity index (χ0v) is 33.1. The summed E-state index contributed by atoms with van der Waals surface area (Å²) < 4.78 is 2.37. The number of nitrogens with zero attached hydrogens (tertiary/aromatic N) is 4. The Kier molecular flexibility index (Phi) is 8.13. The lowest BCUT2D eigenvalue weighted by atomic mass is 9.89. The van der Waals surface area contributed by atoms with Crippen LogP contribution in [-0.4, -0.2) is 19.5 Å². The number of para-hydroxylation sites is 2. The fraction of sp³-hybridized carbons (Fsp3) is 0. The van der Waals surface area contributed by atoms with Crippen LogP contribution in [0.4, 0.5) is 0 Å². The van der Waals surface area contributed by atoms with E-state index in [1.165, 1.54) is 60.0 Å². The molecule has 12 rings (SSSR count). The Balaban J connectivity index is 1.05. The first-order valence-electron chi connectivity index (χ1n) is 20.7. The summed E-state index contributed by atoms with van der Waals surface area (Å²) in [5, 5.41) is 9.52. The molecule has 4 nitrogen and oxygen atoms in total. The van der Waals surface area contributed by atoms with Gasteiger partial charge in [0.1, 0.15) is 0 Å². The van der Waals surface area contributed by atoms with Gasteiger partial charge in [-0.25, -0.2) is 15.0 Å². The second-order valence-corrected chi connectivity index (χ2v) is 15.6. The van der Waals surface area contributed by atoms with E-state index < -0.39 is 0 Å². The molecule has 0 atom stereocenters. The lowest BCUT2D eigenvalue weighted by Crippen LogP contribution is -2.01. The minimum absolute atomic E-state index is 0.636. The van der Waals surface area contributed by atoms with Crippen molar-refractivity contribution in [2.24, 2.45) is 0 Å². The lowest BCUT2D eigenvalue weighted by Gasteiger charge is -2.16. The smallest absolute Gasteiger partial charge is 0.164 e. The van der Waals surface area contributed by atoms with Crippen LogP contribution in [0.25, 0.3) is 116 Å². The van der Waals surface area contributed by atoms with Crippen molar-refractivity contribution in [3.8, 4) is 62.1 Å². The van der Waals surface area contributed by atoms with Crippen molar-refractivity contribution in [3.05, 3.63) is 218 Å². The number of rotatable bonds is 6.